The minimum Gasteiger partial charge on any atom is -0.479 e. The lowest BCUT2D eigenvalue weighted by molar-refractivity contribution is -0.129. The summed E-state index contributed by atoms with van der Waals surface area (Å²) in [5.74, 6) is 0.589. The Morgan fingerprint density at radius 2 is 1.77 bits per heavy atom. The van der Waals surface area contributed by atoms with Crippen molar-refractivity contribution in [3.63, 3.8) is 0 Å². The molecule has 7 nitrogen and oxygen atoms in total. The average molecular weight is 435 g/mol. The highest BCUT2D eigenvalue weighted by Gasteiger charge is 2.48. The van der Waals surface area contributed by atoms with Gasteiger partial charge < -0.3 is 20.1 Å². The summed E-state index contributed by atoms with van der Waals surface area (Å²) >= 11 is 5.94. The van der Waals surface area contributed by atoms with Crippen LogP contribution in [0.15, 0.2) is 18.2 Å². The molecule has 2 fully saturated rings. The second-order valence-electron chi connectivity index (χ2n) is 9.47. The first-order valence-electron chi connectivity index (χ1n) is 10.4. The van der Waals surface area contributed by atoms with Crippen molar-refractivity contribution in [1.29, 1.82) is 0 Å². The van der Waals surface area contributed by atoms with Crippen LogP contribution in [0.3, 0.4) is 0 Å². The van der Waals surface area contributed by atoms with Crippen molar-refractivity contribution in [1.82, 2.24) is 10.6 Å². The number of nitrogens with one attached hydrogen (secondary N) is 2. The van der Waals surface area contributed by atoms with Gasteiger partial charge in [-0.2, -0.15) is 0 Å². The maximum Gasteiger partial charge on any atom is 0.407 e. The van der Waals surface area contributed by atoms with E-state index in [1.807, 2.05) is 20.8 Å². The summed E-state index contributed by atoms with van der Waals surface area (Å²) in [6.07, 6.45) is 1.33. The minimum absolute atomic E-state index is 0.00279. The largest absolute Gasteiger partial charge is 0.479 e. The summed E-state index contributed by atoms with van der Waals surface area (Å²) in [6, 6.07) is 4.94. The zero-order valence-electron chi connectivity index (χ0n) is 17.4. The number of hydrogen-bond donors (Lipinski definition) is 2. The first-order chi connectivity index (χ1) is 14.1. The number of hydrogen-bond acceptors (Lipinski definition) is 5. The third-order valence-electron chi connectivity index (χ3n) is 6.06. The van der Waals surface area contributed by atoms with E-state index in [4.69, 9.17) is 21.1 Å². The van der Waals surface area contributed by atoms with Crippen LogP contribution in [0, 0.1) is 11.8 Å². The lowest BCUT2D eigenvalue weighted by Crippen LogP contribution is -2.50. The van der Waals surface area contributed by atoms with Crippen LogP contribution in [-0.4, -0.2) is 41.6 Å². The number of amides is 2. The van der Waals surface area contributed by atoms with E-state index >= 15 is 0 Å². The van der Waals surface area contributed by atoms with Gasteiger partial charge in [0.15, 0.2) is 11.9 Å². The molecular weight excluding hydrogens is 408 g/mol. The van der Waals surface area contributed by atoms with Crippen LogP contribution in [0.5, 0.6) is 5.75 Å². The number of carbonyl (C=O) groups is 3. The van der Waals surface area contributed by atoms with E-state index in [-0.39, 0.29) is 30.2 Å². The molecule has 4 rings (SSSR count). The van der Waals surface area contributed by atoms with Crippen molar-refractivity contribution >= 4 is 29.4 Å². The van der Waals surface area contributed by atoms with Gasteiger partial charge in [0, 0.05) is 17.1 Å². The van der Waals surface area contributed by atoms with Crippen molar-refractivity contribution in [3.8, 4) is 5.75 Å². The van der Waals surface area contributed by atoms with E-state index < -0.39 is 17.8 Å². The standard InChI is InChI=1S/C22H27ClN2O5/c1-22(2,3)30-21(28)25-16-8-11-6-12(16)7-15(11)24-20(27)19-10-17(26)14-9-13(23)4-5-18(14)29-19/h4-5,9,11-12,15-16,19H,6-8,10H2,1-3H3,(H,24,27)(H,25,28)/t11-,12-,15+,16+,19-/m1/s1. The summed E-state index contributed by atoms with van der Waals surface area (Å²) in [5, 5.41) is 6.50. The fraction of sp³-hybridized carbons (Fsp3) is 0.591. The molecule has 2 aliphatic carbocycles. The number of ketones is 1. The number of carbonyl (C=O) groups excluding carboxylic acids is 3. The van der Waals surface area contributed by atoms with Crippen LogP contribution >= 0.6 is 11.6 Å². The molecule has 30 heavy (non-hydrogen) atoms. The fourth-order valence-electron chi connectivity index (χ4n) is 4.81. The summed E-state index contributed by atoms with van der Waals surface area (Å²) in [6.45, 7) is 5.51. The first kappa shape index (κ1) is 21.0. The molecule has 1 aromatic carbocycles. The quantitative estimate of drug-likeness (QED) is 0.759. The molecule has 0 aromatic heterocycles. The summed E-state index contributed by atoms with van der Waals surface area (Å²) in [5.41, 5.74) is -0.109. The Morgan fingerprint density at radius 1 is 1.10 bits per heavy atom. The zero-order valence-corrected chi connectivity index (χ0v) is 18.1. The molecule has 2 saturated carbocycles. The van der Waals surface area contributed by atoms with E-state index in [0.717, 1.165) is 19.3 Å². The number of alkyl carbamates (subject to hydrolysis) is 1. The van der Waals surface area contributed by atoms with Gasteiger partial charge in [0.2, 0.25) is 0 Å². The molecule has 8 heteroatoms. The number of halogens is 1. The van der Waals surface area contributed by atoms with E-state index in [1.165, 1.54) is 0 Å². The van der Waals surface area contributed by atoms with Crippen molar-refractivity contribution < 1.29 is 23.9 Å². The predicted octanol–water partition coefficient (Wildman–Crippen LogP) is 3.48. The average Bonchev–Trinajstić information content (AvgIpc) is 3.20. The van der Waals surface area contributed by atoms with Crippen molar-refractivity contribution in [3.05, 3.63) is 28.8 Å². The van der Waals surface area contributed by atoms with Gasteiger partial charge in [0.25, 0.3) is 5.91 Å². The van der Waals surface area contributed by atoms with Crippen LogP contribution in [0.25, 0.3) is 0 Å². The Hall–Kier alpha value is -2.28. The molecule has 0 radical (unpaired) electrons. The molecular formula is C22H27ClN2O5. The third kappa shape index (κ3) is 4.41. The molecule has 3 aliphatic rings. The lowest BCUT2D eigenvalue weighted by atomic mass is 9.91. The van der Waals surface area contributed by atoms with Crippen LogP contribution in [0.1, 0.15) is 56.8 Å². The van der Waals surface area contributed by atoms with Gasteiger partial charge in [-0.1, -0.05) is 11.6 Å². The number of Topliss-reactive ketones (excluding diaryl/α,β-unsaturated/α-hetero) is 1. The number of rotatable bonds is 3. The van der Waals surface area contributed by atoms with Gasteiger partial charge in [-0.05, 0) is 70.1 Å². The molecule has 2 amide bonds. The topological polar surface area (TPSA) is 93.7 Å². The summed E-state index contributed by atoms with van der Waals surface area (Å²) in [4.78, 5) is 37.2. The van der Waals surface area contributed by atoms with Gasteiger partial charge in [0.1, 0.15) is 11.4 Å². The zero-order chi connectivity index (χ0) is 21.6. The first-order valence-corrected chi connectivity index (χ1v) is 10.8. The van der Waals surface area contributed by atoms with Gasteiger partial charge >= 0.3 is 6.09 Å². The molecule has 2 N–H and O–H groups in total. The summed E-state index contributed by atoms with van der Waals surface area (Å²) in [7, 11) is 0. The normalized spacial score (nSPS) is 29.7. The number of fused-ring (bicyclic) bond motifs is 3. The van der Waals surface area contributed by atoms with Crippen molar-refractivity contribution in [2.45, 2.75) is 70.2 Å². The minimum atomic E-state index is -0.832. The van der Waals surface area contributed by atoms with E-state index in [1.54, 1.807) is 18.2 Å². The molecule has 0 unspecified atom stereocenters. The smallest absolute Gasteiger partial charge is 0.407 e. The number of benzene rings is 1. The van der Waals surface area contributed by atoms with Crippen LogP contribution in [-0.2, 0) is 9.53 Å². The fourth-order valence-corrected chi connectivity index (χ4v) is 4.98. The van der Waals surface area contributed by atoms with Gasteiger partial charge in [0.05, 0.1) is 12.0 Å². The van der Waals surface area contributed by atoms with Crippen molar-refractivity contribution in [2.24, 2.45) is 11.8 Å². The van der Waals surface area contributed by atoms with Crippen molar-refractivity contribution in [2.75, 3.05) is 0 Å². The Labute approximate surface area is 180 Å². The molecule has 2 bridgehead atoms. The molecule has 1 aromatic rings. The molecule has 5 atom stereocenters. The third-order valence-corrected chi connectivity index (χ3v) is 6.30. The number of ether oxygens (including phenoxy) is 2. The lowest BCUT2D eigenvalue weighted by Gasteiger charge is -2.31. The van der Waals surface area contributed by atoms with Crippen LogP contribution in [0.2, 0.25) is 5.02 Å². The Morgan fingerprint density at radius 3 is 2.40 bits per heavy atom. The van der Waals surface area contributed by atoms with Crippen LogP contribution < -0.4 is 15.4 Å². The molecule has 0 saturated heterocycles. The molecule has 1 heterocycles. The second kappa shape index (κ2) is 7.76. The maximum absolute atomic E-state index is 12.8. The second-order valence-corrected chi connectivity index (χ2v) is 9.91. The Bertz CT molecular complexity index is 881. The van der Waals surface area contributed by atoms with Gasteiger partial charge in [-0.15, -0.1) is 0 Å². The SMILES string of the molecule is CC(C)(C)OC(=O)N[C@H]1C[C@H]2C[C@@H]1C[C@@H]2NC(=O)[C@H]1CC(=O)c2cc(Cl)ccc2O1. The van der Waals surface area contributed by atoms with E-state index in [2.05, 4.69) is 10.6 Å². The highest BCUT2D eigenvalue weighted by molar-refractivity contribution is 6.31. The Kier molecular flexibility index (Phi) is 5.43. The van der Waals surface area contributed by atoms with Crippen LogP contribution in [0.4, 0.5) is 4.79 Å². The van der Waals surface area contributed by atoms with Gasteiger partial charge in [-0.3, -0.25) is 9.59 Å². The highest BCUT2D eigenvalue weighted by atomic mass is 35.5. The van der Waals surface area contributed by atoms with E-state index in [0.29, 0.717) is 28.2 Å². The predicted molar refractivity (Wildman–Crippen MR) is 111 cm³/mol. The summed E-state index contributed by atoms with van der Waals surface area (Å²) < 4.78 is 11.1. The molecule has 1 aliphatic heterocycles. The molecule has 0 spiro atoms. The Balaban J connectivity index is 1.31. The van der Waals surface area contributed by atoms with Gasteiger partial charge in [-0.25, -0.2) is 4.79 Å². The highest BCUT2D eigenvalue weighted by Crippen LogP contribution is 2.45. The van der Waals surface area contributed by atoms with E-state index in [9.17, 15) is 14.4 Å². The molecule has 162 valence electrons. The monoisotopic (exact) mass is 434 g/mol. The maximum atomic E-state index is 12.8.